The van der Waals surface area contributed by atoms with E-state index in [1.165, 1.54) is 32.3 Å². The quantitative estimate of drug-likeness (QED) is 0.747. The smallest absolute Gasteiger partial charge is 0.248 e. The van der Waals surface area contributed by atoms with E-state index in [1.807, 2.05) is 0 Å². The first kappa shape index (κ1) is 20.5. The molecule has 0 aromatic heterocycles. The molecule has 0 bridgehead atoms. The number of carbonyl (C=O) groups excluding carboxylic acids is 1. The minimum atomic E-state index is -3.58. The predicted molar refractivity (Wildman–Crippen MR) is 106 cm³/mol. The van der Waals surface area contributed by atoms with Crippen LogP contribution in [0.4, 0.5) is 5.69 Å². The lowest BCUT2D eigenvalue weighted by Crippen LogP contribution is -2.22. The van der Waals surface area contributed by atoms with Gasteiger partial charge in [0.05, 0.1) is 14.9 Å². The molecule has 2 aromatic rings. The molecular weight excluding hydrogens is 395 g/mol. The number of sulfonamides is 1. The first-order valence-corrected chi connectivity index (χ1v) is 9.78. The molecule has 8 heteroatoms. The Morgan fingerprint density at radius 2 is 1.77 bits per heavy atom. The average Bonchev–Trinajstić information content (AvgIpc) is 2.57. The number of rotatable bonds is 5. The Kier molecular flexibility index (Phi) is 6.47. The molecule has 0 spiro atoms. The van der Waals surface area contributed by atoms with Gasteiger partial charge in [-0.1, -0.05) is 35.3 Å². The molecule has 0 radical (unpaired) electrons. The summed E-state index contributed by atoms with van der Waals surface area (Å²) >= 11 is 11.8. The molecule has 0 fully saturated rings. The molecule has 0 saturated carbocycles. The Hall–Kier alpha value is -1.86. The number of aryl methyl sites for hydroxylation is 1. The van der Waals surface area contributed by atoms with Gasteiger partial charge in [0.1, 0.15) is 0 Å². The largest absolute Gasteiger partial charge is 0.322 e. The fourth-order valence-electron chi connectivity index (χ4n) is 2.07. The molecule has 0 aliphatic carbocycles. The normalized spacial score (nSPS) is 11.9. The Morgan fingerprint density at radius 1 is 1.08 bits per heavy atom. The zero-order valence-corrected chi connectivity index (χ0v) is 16.8. The summed E-state index contributed by atoms with van der Waals surface area (Å²) in [6.45, 7) is 1.78. The summed E-state index contributed by atoms with van der Waals surface area (Å²) in [6, 6.07) is 9.61. The predicted octanol–water partition coefficient (Wildman–Crippen LogP) is 4.20. The number of benzene rings is 2. The van der Waals surface area contributed by atoms with Gasteiger partial charge in [0.25, 0.3) is 0 Å². The van der Waals surface area contributed by atoms with E-state index < -0.39 is 15.9 Å². The van der Waals surface area contributed by atoms with Gasteiger partial charge in [-0.3, -0.25) is 4.79 Å². The number of nitrogens with zero attached hydrogens (tertiary/aromatic N) is 1. The molecule has 2 rings (SSSR count). The Morgan fingerprint density at radius 3 is 2.38 bits per heavy atom. The topological polar surface area (TPSA) is 66.5 Å². The number of anilines is 1. The van der Waals surface area contributed by atoms with E-state index in [0.717, 1.165) is 15.4 Å². The highest BCUT2D eigenvalue weighted by Gasteiger charge is 2.18. The van der Waals surface area contributed by atoms with Crippen LogP contribution in [-0.4, -0.2) is 32.7 Å². The van der Waals surface area contributed by atoms with E-state index in [9.17, 15) is 13.2 Å². The molecule has 5 nitrogen and oxygen atoms in total. The number of nitrogens with one attached hydrogen (secondary N) is 1. The lowest BCUT2D eigenvalue weighted by molar-refractivity contribution is -0.111. The minimum absolute atomic E-state index is 0.108. The summed E-state index contributed by atoms with van der Waals surface area (Å²) in [5.74, 6) is -0.390. The summed E-state index contributed by atoms with van der Waals surface area (Å²) in [4.78, 5) is 12.3. The van der Waals surface area contributed by atoms with Gasteiger partial charge in [0.2, 0.25) is 15.9 Å². The van der Waals surface area contributed by atoms with Crippen LogP contribution in [0.1, 0.15) is 11.1 Å². The van der Waals surface area contributed by atoms with Crippen LogP contribution in [0.3, 0.4) is 0 Å². The Bertz CT molecular complexity index is 970. The second-order valence-corrected chi connectivity index (χ2v) is 8.73. The van der Waals surface area contributed by atoms with Crippen molar-refractivity contribution in [1.29, 1.82) is 0 Å². The maximum Gasteiger partial charge on any atom is 0.248 e. The lowest BCUT2D eigenvalue weighted by atomic mass is 10.2. The molecule has 2 aromatic carbocycles. The highest BCUT2D eigenvalue weighted by atomic mass is 35.5. The number of amides is 1. The van der Waals surface area contributed by atoms with Crippen molar-refractivity contribution in [2.75, 3.05) is 19.4 Å². The van der Waals surface area contributed by atoms with Crippen LogP contribution >= 0.6 is 23.2 Å². The fourth-order valence-corrected chi connectivity index (χ4v) is 3.30. The van der Waals surface area contributed by atoms with Crippen LogP contribution in [0.2, 0.25) is 10.0 Å². The summed E-state index contributed by atoms with van der Waals surface area (Å²) in [6.07, 6.45) is 2.93. The van der Waals surface area contributed by atoms with E-state index in [4.69, 9.17) is 23.2 Å². The highest BCUT2D eigenvalue weighted by Crippen LogP contribution is 2.24. The average molecular weight is 413 g/mol. The second-order valence-electron chi connectivity index (χ2n) is 5.76. The summed E-state index contributed by atoms with van der Waals surface area (Å²) in [5, 5.41) is 3.52. The van der Waals surface area contributed by atoms with E-state index >= 15 is 0 Å². The van der Waals surface area contributed by atoms with Crippen LogP contribution in [0.5, 0.6) is 0 Å². The maximum atomic E-state index is 12.2. The number of hydrogen-bond donors (Lipinski definition) is 1. The zero-order valence-electron chi connectivity index (χ0n) is 14.5. The number of halogens is 2. The van der Waals surface area contributed by atoms with Crippen LogP contribution in [0.15, 0.2) is 47.4 Å². The molecule has 26 heavy (non-hydrogen) atoms. The van der Waals surface area contributed by atoms with Crippen molar-refractivity contribution in [2.45, 2.75) is 11.8 Å². The zero-order chi connectivity index (χ0) is 19.5. The third kappa shape index (κ3) is 4.86. The van der Waals surface area contributed by atoms with Crippen molar-refractivity contribution in [2.24, 2.45) is 0 Å². The second kappa shape index (κ2) is 8.22. The van der Waals surface area contributed by atoms with Gasteiger partial charge in [-0.2, -0.15) is 0 Å². The van der Waals surface area contributed by atoms with Gasteiger partial charge in [-0.05, 0) is 48.4 Å². The first-order chi connectivity index (χ1) is 12.1. The molecule has 0 unspecified atom stereocenters. The summed E-state index contributed by atoms with van der Waals surface area (Å²) < 4.78 is 25.6. The fraction of sp³-hybridized carbons (Fsp3) is 0.167. The van der Waals surface area contributed by atoms with Gasteiger partial charge in [-0.25, -0.2) is 12.7 Å². The van der Waals surface area contributed by atoms with Crippen LogP contribution in [0, 0.1) is 6.92 Å². The SMILES string of the molecule is Cc1ccc(S(=O)(=O)N(C)C)cc1NC(=O)/C=C/c1ccc(Cl)c(Cl)c1. The molecular formula is C18H18Cl2N2O3S. The minimum Gasteiger partial charge on any atom is -0.322 e. The van der Waals surface area contributed by atoms with Crippen LogP contribution < -0.4 is 5.32 Å². The van der Waals surface area contributed by atoms with E-state index in [0.29, 0.717) is 15.7 Å². The summed E-state index contributed by atoms with van der Waals surface area (Å²) in [7, 11) is -0.676. The summed E-state index contributed by atoms with van der Waals surface area (Å²) in [5.41, 5.74) is 1.89. The van der Waals surface area contributed by atoms with Crippen LogP contribution in [-0.2, 0) is 14.8 Å². The third-order valence-corrected chi connectivity index (χ3v) is 6.17. The van der Waals surface area contributed by atoms with Gasteiger partial charge < -0.3 is 5.32 Å². The Labute approximate surface area is 163 Å². The monoisotopic (exact) mass is 412 g/mol. The van der Waals surface area contributed by atoms with Crippen LogP contribution in [0.25, 0.3) is 6.08 Å². The highest BCUT2D eigenvalue weighted by molar-refractivity contribution is 7.89. The van der Waals surface area contributed by atoms with Crippen molar-refractivity contribution in [3.63, 3.8) is 0 Å². The lowest BCUT2D eigenvalue weighted by Gasteiger charge is -2.14. The first-order valence-electron chi connectivity index (χ1n) is 7.58. The standard InChI is InChI=1S/C18H18Cl2N2O3S/c1-12-4-7-14(26(24,25)22(2)3)11-17(12)21-18(23)9-6-13-5-8-15(19)16(20)10-13/h4-11H,1-3H3,(H,21,23)/b9-6+. The van der Waals surface area contributed by atoms with Gasteiger partial charge in [0.15, 0.2) is 0 Å². The van der Waals surface area contributed by atoms with Crippen molar-refractivity contribution in [1.82, 2.24) is 4.31 Å². The molecule has 138 valence electrons. The molecule has 1 N–H and O–H groups in total. The van der Waals surface area contributed by atoms with Crippen molar-refractivity contribution < 1.29 is 13.2 Å². The Balaban J connectivity index is 2.20. The molecule has 0 aliphatic heterocycles. The third-order valence-electron chi connectivity index (χ3n) is 3.62. The van der Waals surface area contributed by atoms with Crippen molar-refractivity contribution >= 4 is 50.9 Å². The maximum absolute atomic E-state index is 12.2. The molecule has 0 aliphatic rings. The van der Waals surface area contributed by atoms with Gasteiger partial charge >= 0.3 is 0 Å². The van der Waals surface area contributed by atoms with E-state index in [-0.39, 0.29) is 4.90 Å². The van der Waals surface area contributed by atoms with E-state index in [2.05, 4.69) is 5.32 Å². The molecule has 0 heterocycles. The van der Waals surface area contributed by atoms with Crippen molar-refractivity contribution in [3.8, 4) is 0 Å². The van der Waals surface area contributed by atoms with Crippen molar-refractivity contribution in [3.05, 3.63) is 63.6 Å². The van der Waals surface area contributed by atoms with Gasteiger partial charge in [0, 0.05) is 25.9 Å². The molecule has 0 saturated heterocycles. The molecule has 0 atom stereocenters. The number of carbonyl (C=O) groups is 1. The number of hydrogen-bond acceptors (Lipinski definition) is 3. The van der Waals surface area contributed by atoms with Gasteiger partial charge in [-0.15, -0.1) is 0 Å². The van der Waals surface area contributed by atoms with E-state index in [1.54, 1.807) is 37.3 Å². The molecule has 1 amide bonds.